The molecule has 2 aliphatic heterocycles. The Balaban J connectivity index is 0.00000208. The monoisotopic (exact) mass is 360 g/mol. The van der Waals surface area contributed by atoms with Crippen LogP contribution < -0.4 is 4.90 Å². The van der Waals surface area contributed by atoms with Crippen LogP contribution in [0.2, 0.25) is 0 Å². The van der Waals surface area contributed by atoms with Crippen LogP contribution >= 0.6 is 12.4 Å². The fraction of sp³-hybridized carbons (Fsp3) is 0.500. The molecule has 0 aliphatic carbocycles. The molecule has 132 valence electrons. The lowest BCUT2D eigenvalue weighted by Crippen LogP contribution is -2.48. The molecule has 8 heteroatoms. The minimum absolute atomic E-state index is 0. The van der Waals surface area contributed by atoms with Gasteiger partial charge in [-0.3, -0.25) is 14.5 Å². The Labute approximate surface area is 144 Å². The second kappa shape index (κ2) is 7.44. The number of aliphatic carboxylic acids is 1. The lowest BCUT2D eigenvalue weighted by atomic mass is 9.96. The van der Waals surface area contributed by atoms with Crippen molar-refractivity contribution in [2.45, 2.75) is 25.3 Å². The summed E-state index contributed by atoms with van der Waals surface area (Å²) in [6, 6.07) is 3.01. The van der Waals surface area contributed by atoms with Gasteiger partial charge < -0.3 is 10.0 Å². The Morgan fingerprint density at radius 3 is 2.46 bits per heavy atom. The molecular formula is C16H19ClF2N2O3. The van der Waals surface area contributed by atoms with Crippen molar-refractivity contribution in [3.63, 3.8) is 0 Å². The molecule has 1 aromatic carbocycles. The van der Waals surface area contributed by atoms with Crippen LogP contribution in [0, 0.1) is 17.6 Å². The largest absolute Gasteiger partial charge is 0.481 e. The van der Waals surface area contributed by atoms with E-state index in [9.17, 15) is 18.4 Å². The molecule has 2 heterocycles. The number of piperidine rings is 1. The van der Waals surface area contributed by atoms with E-state index in [1.807, 2.05) is 4.90 Å². The van der Waals surface area contributed by atoms with Gasteiger partial charge in [0.15, 0.2) is 0 Å². The molecule has 5 nitrogen and oxygen atoms in total. The Morgan fingerprint density at radius 2 is 1.83 bits per heavy atom. The van der Waals surface area contributed by atoms with Gasteiger partial charge in [-0.05, 0) is 37.9 Å². The summed E-state index contributed by atoms with van der Waals surface area (Å²) in [4.78, 5) is 26.7. The highest BCUT2D eigenvalue weighted by Crippen LogP contribution is 2.31. The van der Waals surface area contributed by atoms with Gasteiger partial charge >= 0.3 is 5.97 Å². The third kappa shape index (κ3) is 3.37. The maximum Gasteiger partial charge on any atom is 0.307 e. The fourth-order valence-corrected chi connectivity index (χ4v) is 3.46. The zero-order chi connectivity index (χ0) is 16.6. The number of hydrogen-bond donors (Lipinski definition) is 1. The summed E-state index contributed by atoms with van der Waals surface area (Å²) in [5, 5.41) is 9.15. The van der Waals surface area contributed by atoms with E-state index in [1.165, 1.54) is 6.07 Å². The standard InChI is InChI=1S/C16H18F2N2O3.ClH/c17-11-4-1-5-12(18)14(11)20-8-6-13(15(20)21)19-7-2-3-10(9-19)16(22)23;/h1,4-5,10,13H,2-3,6-9H2,(H,22,23);1H. The number of nitrogens with zero attached hydrogens (tertiary/aromatic N) is 2. The van der Waals surface area contributed by atoms with Crippen molar-refractivity contribution in [1.82, 2.24) is 4.90 Å². The van der Waals surface area contributed by atoms with Crippen molar-refractivity contribution < 1.29 is 23.5 Å². The summed E-state index contributed by atoms with van der Waals surface area (Å²) in [5.41, 5.74) is -0.313. The first-order valence-electron chi connectivity index (χ1n) is 7.71. The third-order valence-electron chi connectivity index (χ3n) is 4.63. The normalized spacial score (nSPS) is 24.8. The highest BCUT2D eigenvalue weighted by molar-refractivity contribution is 5.99. The lowest BCUT2D eigenvalue weighted by molar-refractivity contribution is -0.144. The molecule has 0 aromatic heterocycles. The number of carboxylic acid groups (broad SMARTS) is 1. The van der Waals surface area contributed by atoms with Crippen LogP contribution in [0.3, 0.4) is 0 Å². The summed E-state index contributed by atoms with van der Waals surface area (Å²) >= 11 is 0. The number of benzene rings is 1. The van der Waals surface area contributed by atoms with Crippen LogP contribution in [-0.4, -0.2) is 47.6 Å². The topological polar surface area (TPSA) is 60.9 Å². The predicted octanol–water partition coefficient (Wildman–Crippen LogP) is 2.29. The van der Waals surface area contributed by atoms with Crippen LogP contribution in [0.15, 0.2) is 18.2 Å². The van der Waals surface area contributed by atoms with Gasteiger partial charge in [0.25, 0.3) is 0 Å². The number of likely N-dealkylation sites (tertiary alicyclic amines) is 1. The second-order valence-electron chi connectivity index (χ2n) is 6.04. The molecule has 1 aromatic rings. The van der Waals surface area contributed by atoms with Gasteiger partial charge in [0.1, 0.15) is 17.3 Å². The number of rotatable bonds is 3. The second-order valence-corrected chi connectivity index (χ2v) is 6.04. The molecule has 0 bridgehead atoms. The van der Waals surface area contributed by atoms with E-state index in [-0.39, 0.29) is 30.5 Å². The molecule has 2 atom stereocenters. The number of carbonyl (C=O) groups is 2. The maximum atomic E-state index is 13.9. The zero-order valence-corrected chi connectivity index (χ0v) is 13.8. The highest BCUT2D eigenvalue weighted by Gasteiger charge is 2.40. The average Bonchev–Trinajstić information content (AvgIpc) is 2.89. The fourth-order valence-electron chi connectivity index (χ4n) is 3.46. The molecule has 2 aliphatic rings. The van der Waals surface area contributed by atoms with Crippen molar-refractivity contribution in [1.29, 1.82) is 0 Å². The first-order valence-corrected chi connectivity index (χ1v) is 7.71. The van der Waals surface area contributed by atoms with Crippen LogP contribution in [0.25, 0.3) is 0 Å². The number of amides is 1. The molecule has 0 saturated carbocycles. The molecule has 1 amide bonds. The third-order valence-corrected chi connectivity index (χ3v) is 4.63. The van der Waals surface area contributed by atoms with Crippen molar-refractivity contribution in [3.8, 4) is 0 Å². The van der Waals surface area contributed by atoms with E-state index < -0.39 is 29.6 Å². The summed E-state index contributed by atoms with van der Waals surface area (Å²) < 4.78 is 27.8. The summed E-state index contributed by atoms with van der Waals surface area (Å²) in [7, 11) is 0. The van der Waals surface area contributed by atoms with Gasteiger partial charge in [0.05, 0.1) is 12.0 Å². The van der Waals surface area contributed by atoms with Gasteiger partial charge in [-0.2, -0.15) is 0 Å². The van der Waals surface area contributed by atoms with E-state index >= 15 is 0 Å². The summed E-state index contributed by atoms with van der Waals surface area (Å²) in [5.74, 6) is -3.24. The Hall–Kier alpha value is -1.73. The van der Waals surface area contributed by atoms with Crippen molar-refractivity contribution in [2.24, 2.45) is 5.92 Å². The number of para-hydroxylation sites is 1. The van der Waals surface area contributed by atoms with E-state index in [1.54, 1.807) is 0 Å². The van der Waals surface area contributed by atoms with E-state index in [0.717, 1.165) is 17.0 Å². The van der Waals surface area contributed by atoms with E-state index in [2.05, 4.69) is 0 Å². The van der Waals surface area contributed by atoms with Crippen molar-refractivity contribution in [2.75, 3.05) is 24.5 Å². The Bertz CT molecular complexity index is 623. The van der Waals surface area contributed by atoms with Crippen LogP contribution in [0.4, 0.5) is 14.5 Å². The predicted molar refractivity (Wildman–Crippen MR) is 86.3 cm³/mol. The van der Waals surface area contributed by atoms with Crippen molar-refractivity contribution in [3.05, 3.63) is 29.8 Å². The first-order chi connectivity index (χ1) is 11.0. The quantitative estimate of drug-likeness (QED) is 0.898. The zero-order valence-electron chi connectivity index (χ0n) is 13.0. The summed E-state index contributed by atoms with van der Waals surface area (Å²) in [6.07, 6.45) is 1.74. The van der Waals surface area contributed by atoms with E-state index in [0.29, 0.717) is 32.4 Å². The minimum atomic E-state index is -0.864. The number of anilines is 1. The number of hydrogen-bond acceptors (Lipinski definition) is 3. The minimum Gasteiger partial charge on any atom is -0.481 e. The van der Waals surface area contributed by atoms with Crippen LogP contribution in [-0.2, 0) is 9.59 Å². The molecule has 24 heavy (non-hydrogen) atoms. The Kier molecular flexibility index (Phi) is 5.77. The number of carboxylic acids is 1. The first kappa shape index (κ1) is 18.6. The lowest BCUT2D eigenvalue weighted by Gasteiger charge is -2.34. The Morgan fingerprint density at radius 1 is 1.17 bits per heavy atom. The molecule has 2 saturated heterocycles. The average molecular weight is 361 g/mol. The van der Waals surface area contributed by atoms with Crippen LogP contribution in [0.5, 0.6) is 0 Å². The van der Waals surface area contributed by atoms with Gasteiger partial charge in [-0.25, -0.2) is 8.78 Å². The molecule has 2 unspecified atom stereocenters. The summed E-state index contributed by atoms with van der Waals surface area (Å²) in [6.45, 7) is 1.17. The SMILES string of the molecule is Cl.O=C(O)C1CCCN(C2CCN(c3c(F)cccc3F)C2=O)C1. The molecule has 1 N–H and O–H groups in total. The van der Waals surface area contributed by atoms with E-state index in [4.69, 9.17) is 5.11 Å². The molecule has 3 rings (SSSR count). The van der Waals surface area contributed by atoms with Gasteiger partial charge in [0, 0.05) is 13.1 Å². The van der Waals surface area contributed by atoms with Gasteiger partial charge in [0.2, 0.25) is 5.91 Å². The molecule has 0 radical (unpaired) electrons. The number of carbonyl (C=O) groups excluding carboxylic acids is 1. The van der Waals surface area contributed by atoms with Gasteiger partial charge in [-0.15, -0.1) is 12.4 Å². The smallest absolute Gasteiger partial charge is 0.307 e. The molecule has 0 spiro atoms. The molecule has 2 fully saturated rings. The molecular weight excluding hydrogens is 342 g/mol. The highest BCUT2D eigenvalue weighted by atomic mass is 35.5. The number of halogens is 3. The van der Waals surface area contributed by atoms with Crippen LogP contribution in [0.1, 0.15) is 19.3 Å². The maximum absolute atomic E-state index is 13.9. The van der Waals surface area contributed by atoms with Crippen molar-refractivity contribution >= 4 is 30.0 Å². The van der Waals surface area contributed by atoms with Gasteiger partial charge in [-0.1, -0.05) is 6.07 Å².